The fourth-order valence-electron chi connectivity index (χ4n) is 4.23. The first kappa shape index (κ1) is 26.3. The van der Waals surface area contributed by atoms with Gasteiger partial charge in [-0.2, -0.15) is 0 Å². The molecular weight excluding hydrogens is 502 g/mol. The van der Waals surface area contributed by atoms with Crippen LogP contribution in [0.2, 0.25) is 5.02 Å². The molecule has 7 nitrogen and oxygen atoms in total. The molecule has 2 atom stereocenters. The topological polar surface area (TPSA) is 97.9 Å². The molecule has 1 saturated carbocycles. The van der Waals surface area contributed by atoms with Crippen molar-refractivity contribution in [2.24, 2.45) is 5.92 Å². The molecule has 2 N–H and O–H groups in total. The van der Waals surface area contributed by atoms with E-state index < -0.39 is 12.4 Å². The maximum absolute atomic E-state index is 12.6. The van der Waals surface area contributed by atoms with Crippen molar-refractivity contribution in [1.82, 2.24) is 4.98 Å². The van der Waals surface area contributed by atoms with Crippen LogP contribution in [0.5, 0.6) is 11.6 Å². The van der Waals surface area contributed by atoms with Crippen molar-refractivity contribution in [3.05, 3.63) is 79.2 Å². The van der Waals surface area contributed by atoms with Crippen LogP contribution in [-0.4, -0.2) is 29.0 Å². The number of aromatic hydroxyl groups is 1. The summed E-state index contributed by atoms with van der Waals surface area (Å²) in [6.45, 7) is 2.11. The van der Waals surface area contributed by atoms with Gasteiger partial charge in [0.2, 0.25) is 12.2 Å². The van der Waals surface area contributed by atoms with Crippen LogP contribution < -0.4 is 9.61 Å². The molecule has 0 radical (unpaired) electrons. The molecule has 1 aromatic heterocycles. The van der Waals surface area contributed by atoms with Crippen molar-refractivity contribution in [3.63, 3.8) is 0 Å². The molecule has 36 heavy (non-hydrogen) atoms. The summed E-state index contributed by atoms with van der Waals surface area (Å²) in [5.74, 6) is 0.304. The number of carbonyl (C=O) groups is 1. The van der Waals surface area contributed by atoms with Crippen molar-refractivity contribution in [2.45, 2.75) is 57.8 Å². The van der Waals surface area contributed by atoms with E-state index in [1.807, 2.05) is 49.4 Å². The van der Waals surface area contributed by atoms with Crippen LogP contribution in [0.4, 0.5) is 0 Å². The lowest BCUT2D eigenvalue weighted by atomic mass is 10.1. The van der Waals surface area contributed by atoms with E-state index in [4.69, 9.17) is 25.8 Å². The Balaban J connectivity index is 1.41. The summed E-state index contributed by atoms with van der Waals surface area (Å²) in [5.41, 5.74) is 1.76. The van der Waals surface area contributed by atoms with Crippen LogP contribution in [0.1, 0.15) is 61.1 Å². The Bertz CT molecular complexity index is 1200. The number of esters is 1. The van der Waals surface area contributed by atoms with Crippen LogP contribution in [0, 0.1) is 5.92 Å². The van der Waals surface area contributed by atoms with Gasteiger partial charge >= 0.3 is 10.8 Å². The number of thiazole rings is 1. The standard InChI is InChI=1S/C27H30ClNO6S/c1-2-24(35-26(31)18-6-3-4-7-18)34-22(19-8-5-9-20(28)15-19)16-33-21-12-10-17(11-13-21)14-23-25(30)29-27(32)36-23/h5,8-13,15,18,22,24,30H,2-4,6-7,14,16H2,1H3,(H,29,32). The Morgan fingerprint density at radius 2 is 1.94 bits per heavy atom. The number of hydrogen-bond donors (Lipinski definition) is 2. The molecule has 0 bridgehead atoms. The number of aromatic amines is 1. The summed E-state index contributed by atoms with van der Waals surface area (Å²) >= 11 is 7.21. The molecule has 0 spiro atoms. The molecule has 192 valence electrons. The van der Waals surface area contributed by atoms with Gasteiger partial charge in [0.25, 0.3) is 0 Å². The van der Waals surface area contributed by atoms with Gasteiger partial charge in [0.05, 0.1) is 10.8 Å². The molecule has 0 amide bonds. The zero-order valence-corrected chi connectivity index (χ0v) is 21.6. The van der Waals surface area contributed by atoms with Gasteiger partial charge in [-0.25, -0.2) is 0 Å². The lowest BCUT2D eigenvalue weighted by Gasteiger charge is -2.25. The highest BCUT2D eigenvalue weighted by molar-refractivity contribution is 7.09. The Kier molecular flexibility index (Phi) is 9.07. The molecule has 9 heteroatoms. The monoisotopic (exact) mass is 531 g/mol. The first-order valence-corrected chi connectivity index (χ1v) is 13.3. The largest absolute Gasteiger partial charge is 0.494 e. The van der Waals surface area contributed by atoms with Gasteiger partial charge in [-0.1, -0.05) is 67.0 Å². The number of aromatic nitrogens is 1. The first-order valence-electron chi connectivity index (χ1n) is 12.2. The molecule has 2 unspecified atom stereocenters. The predicted octanol–water partition coefficient (Wildman–Crippen LogP) is 5.99. The van der Waals surface area contributed by atoms with E-state index in [0.29, 0.717) is 28.5 Å². The van der Waals surface area contributed by atoms with E-state index >= 15 is 0 Å². The first-order chi connectivity index (χ1) is 17.4. The third-order valence-electron chi connectivity index (χ3n) is 6.20. The molecule has 1 aliphatic carbocycles. The van der Waals surface area contributed by atoms with Gasteiger partial charge in [-0.3, -0.25) is 14.6 Å². The van der Waals surface area contributed by atoms with E-state index in [0.717, 1.165) is 48.1 Å². The van der Waals surface area contributed by atoms with Crippen molar-refractivity contribution < 1.29 is 24.1 Å². The highest BCUT2D eigenvalue weighted by Crippen LogP contribution is 2.29. The number of hydrogen-bond acceptors (Lipinski definition) is 7. The molecule has 0 aliphatic heterocycles. The minimum atomic E-state index is -0.686. The number of rotatable bonds is 11. The van der Waals surface area contributed by atoms with E-state index in [2.05, 4.69) is 4.98 Å². The minimum absolute atomic E-state index is 0.0451. The minimum Gasteiger partial charge on any atom is -0.494 e. The molecule has 2 aromatic carbocycles. The second kappa shape index (κ2) is 12.4. The van der Waals surface area contributed by atoms with Crippen LogP contribution in [0.3, 0.4) is 0 Å². The average molecular weight is 532 g/mol. The fraction of sp³-hybridized carbons (Fsp3) is 0.407. The lowest BCUT2D eigenvalue weighted by Crippen LogP contribution is -2.28. The second-order valence-electron chi connectivity index (χ2n) is 8.85. The van der Waals surface area contributed by atoms with Gasteiger partial charge in [0.15, 0.2) is 0 Å². The quantitative estimate of drug-likeness (QED) is 0.233. The number of H-pyrrole nitrogens is 1. The smallest absolute Gasteiger partial charge is 0.311 e. The van der Waals surface area contributed by atoms with Crippen LogP contribution in [0.25, 0.3) is 0 Å². The number of halogens is 1. The predicted molar refractivity (Wildman–Crippen MR) is 139 cm³/mol. The van der Waals surface area contributed by atoms with Crippen molar-refractivity contribution in [2.75, 3.05) is 6.61 Å². The Morgan fingerprint density at radius 1 is 1.19 bits per heavy atom. The highest BCUT2D eigenvalue weighted by Gasteiger charge is 2.28. The number of benzene rings is 2. The van der Waals surface area contributed by atoms with Gasteiger partial charge < -0.3 is 19.3 Å². The molecule has 3 aromatic rings. The van der Waals surface area contributed by atoms with Crippen molar-refractivity contribution in [3.8, 4) is 11.6 Å². The SMILES string of the molecule is CCC(OC(=O)C1CCCC1)OC(COc1ccc(Cc2sc(=O)[nH]c2O)cc1)c1cccc(Cl)c1. The molecule has 1 fully saturated rings. The number of ether oxygens (including phenoxy) is 3. The normalized spacial score (nSPS) is 15.5. The average Bonchev–Trinajstić information content (AvgIpc) is 3.51. The van der Waals surface area contributed by atoms with Crippen molar-refractivity contribution in [1.29, 1.82) is 0 Å². The Labute approximate surface area is 219 Å². The van der Waals surface area contributed by atoms with E-state index in [1.165, 1.54) is 0 Å². The van der Waals surface area contributed by atoms with Gasteiger partial charge in [-0.15, -0.1) is 0 Å². The van der Waals surface area contributed by atoms with E-state index in [9.17, 15) is 14.7 Å². The molecule has 1 heterocycles. The summed E-state index contributed by atoms with van der Waals surface area (Å²) in [4.78, 5) is 26.6. The molecule has 1 aliphatic rings. The van der Waals surface area contributed by atoms with Crippen LogP contribution in [-0.2, 0) is 20.7 Å². The number of nitrogens with one attached hydrogen (secondary N) is 1. The van der Waals surface area contributed by atoms with Crippen molar-refractivity contribution >= 4 is 28.9 Å². The zero-order chi connectivity index (χ0) is 25.5. The lowest BCUT2D eigenvalue weighted by molar-refractivity contribution is -0.198. The van der Waals surface area contributed by atoms with Gasteiger partial charge in [0.1, 0.15) is 18.5 Å². The van der Waals surface area contributed by atoms with E-state index in [1.54, 1.807) is 6.07 Å². The van der Waals surface area contributed by atoms with Gasteiger partial charge in [-0.05, 0) is 48.2 Å². The zero-order valence-electron chi connectivity index (χ0n) is 20.1. The maximum atomic E-state index is 12.6. The number of carbonyl (C=O) groups excluding carboxylic acids is 1. The van der Waals surface area contributed by atoms with E-state index in [-0.39, 0.29) is 29.2 Å². The summed E-state index contributed by atoms with van der Waals surface area (Å²) in [5, 5.41) is 10.4. The highest BCUT2D eigenvalue weighted by atomic mass is 35.5. The summed E-state index contributed by atoms with van der Waals surface area (Å²) in [7, 11) is 0. The Morgan fingerprint density at radius 3 is 2.58 bits per heavy atom. The molecular formula is C27H30ClNO6S. The molecule has 4 rings (SSSR count). The van der Waals surface area contributed by atoms with Crippen LogP contribution in [0.15, 0.2) is 53.3 Å². The van der Waals surface area contributed by atoms with Gasteiger partial charge in [0, 0.05) is 17.9 Å². The second-order valence-corrected chi connectivity index (χ2v) is 10.4. The maximum Gasteiger partial charge on any atom is 0.311 e. The fourth-order valence-corrected chi connectivity index (χ4v) is 5.19. The third-order valence-corrected chi connectivity index (χ3v) is 7.30. The summed E-state index contributed by atoms with van der Waals surface area (Å²) in [6.07, 6.45) is 3.62. The van der Waals surface area contributed by atoms with Crippen LogP contribution >= 0.6 is 22.9 Å². The summed E-state index contributed by atoms with van der Waals surface area (Å²) < 4.78 is 18.0. The Hall–Kier alpha value is -2.81. The molecule has 0 saturated heterocycles. The third kappa shape index (κ3) is 7.12. The summed E-state index contributed by atoms with van der Waals surface area (Å²) in [6, 6.07) is 14.8.